The van der Waals surface area contributed by atoms with Crippen molar-refractivity contribution in [1.82, 2.24) is 15.3 Å². The summed E-state index contributed by atoms with van der Waals surface area (Å²) >= 11 is 3.41. The number of fused-ring (bicyclic) bond motifs is 1. The quantitative estimate of drug-likeness (QED) is 0.364. The molecule has 0 amide bonds. The van der Waals surface area contributed by atoms with Gasteiger partial charge in [-0.15, -0.1) is 0 Å². The van der Waals surface area contributed by atoms with Crippen LogP contribution in [0.5, 0.6) is 0 Å². The molecule has 6 N–H and O–H groups in total. The van der Waals surface area contributed by atoms with Crippen molar-refractivity contribution in [2.75, 3.05) is 18.3 Å². The van der Waals surface area contributed by atoms with E-state index in [0.717, 1.165) is 0 Å². The fourth-order valence-electron chi connectivity index (χ4n) is 1.76. The molecular formula is C15H16BrN5O6. The Morgan fingerprint density at radius 1 is 1.19 bits per heavy atom. The predicted molar refractivity (Wildman–Crippen MR) is 98.5 cm³/mol. The third-order valence-corrected chi connectivity index (χ3v) is 3.84. The summed E-state index contributed by atoms with van der Waals surface area (Å²) in [7, 11) is 0. The van der Waals surface area contributed by atoms with Gasteiger partial charge in [-0.1, -0.05) is 0 Å². The maximum atomic E-state index is 9.77. The van der Waals surface area contributed by atoms with Crippen LogP contribution in [-0.2, 0) is 9.59 Å². The molecule has 1 aliphatic rings. The topological polar surface area (TPSA) is 177 Å². The van der Waals surface area contributed by atoms with E-state index in [2.05, 4.69) is 41.5 Å². The summed E-state index contributed by atoms with van der Waals surface area (Å²) < 4.78 is 30.8. The number of guanidine groups is 1. The van der Waals surface area contributed by atoms with Gasteiger partial charge in [0, 0.05) is 18.9 Å². The van der Waals surface area contributed by atoms with E-state index >= 15 is 0 Å². The lowest BCUT2D eigenvalue weighted by Gasteiger charge is -2.09. The van der Waals surface area contributed by atoms with E-state index in [0.29, 0.717) is 21.2 Å². The number of hydrogen-bond acceptors (Lipinski definition) is 9. The molecule has 27 heavy (non-hydrogen) atoms. The van der Waals surface area contributed by atoms with Gasteiger partial charge in [0.15, 0.2) is 18.2 Å². The van der Waals surface area contributed by atoms with Crippen LogP contribution in [0.3, 0.4) is 0 Å². The first kappa shape index (κ1) is 15.2. The number of aliphatic carboxylic acids is 2. The minimum atomic E-state index is -2.33. The highest BCUT2D eigenvalue weighted by atomic mass is 79.9. The molecule has 0 spiro atoms. The summed E-state index contributed by atoms with van der Waals surface area (Å²) in [5, 5.41) is 37.8. The fraction of sp³-hybridized carbons (Fsp3) is 0.267. The van der Waals surface area contributed by atoms with Crippen molar-refractivity contribution in [2.24, 2.45) is 4.99 Å². The number of aliphatic hydroxyl groups excluding tert-OH is 2. The third kappa shape index (κ3) is 5.32. The number of halogens is 1. The summed E-state index contributed by atoms with van der Waals surface area (Å²) in [6.07, 6.45) is -1.37. The molecule has 2 aromatic rings. The molecule has 3 rings (SSSR count). The van der Waals surface area contributed by atoms with Crippen molar-refractivity contribution in [3.8, 4) is 0 Å². The molecule has 2 atom stereocenters. The second kappa shape index (κ2) is 9.21. The van der Waals surface area contributed by atoms with Gasteiger partial charge in [-0.25, -0.2) is 9.59 Å². The summed E-state index contributed by atoms with van der Waals surface area (Å²) in [6, 6.07) is 3.49. The molecule has 2 unspecified atom stereocenters. The Balaban J connectivity index is 0.000000291. The van der Waals surface area contributed by atoms with Crippen LogP contribution in [0.15, 0.2) is 34.0 Å². The monoisotopic (exact) mass is 445 g/mol. The Bertz CT molecular complexity index is 1020. The van der Waals surface area contributed by atoms with E-state index in [-0.39, 0.29) is 5.96 Å². The van der Waals surface area contributed by atoms with Gasteiger partial charge in [0.2, 0.25) is 0 Å². The van der Waals surface area contributed by atoms with E-state index in [1.165, 1.54) is 0 Å². The summed E-state index contributed by atoms with van der Waals surface area (Å²) in [5.74, 6) is -3.52. The Kier molecular flexibility index (Phi) is 5.20. The van der Waals surface area contributed by atoms with E-state index < -0.39 is 37.1 Å². The van der Waals surface area contributed by atoms with E-state index in [1.807, 2.05) is 0 Å². The van der Waals surface area contributed by atoms with Crippen molar-refractivity contribution < 1.29 is 35.5 Å². The molecule has 144 valence electrons. The Morgan fingerprint density at radius 2 is 1.81 bits per heavy atom. The highest BCUT2D eigenvalue weighted by molar-refractivity contribution is 9.10. The van der Waals surface area contributed by atoms with Gasteiger partial charge in [0.25, 0.3) is 0 Å². The zero-order chi connectivity index (χ0) is 23.6. The normalized spacial score (nSPS) is 20.9. The van der Waals surface area contributed by atoms with Crippen molar-refractivity contribution in [3.05, 3.63) is 29.0 Å². The predicted octanol–water partition coefficient (Wildman–Crippen LogP) is -0.359. The van der Waals surface area contributed by atoms with Gasteiger partial charge in [0.1, 0.15) is 5.52 Å². The van der Waals surface area contributed by atoms with Crippen LogP contribution in [0, 0.1) is 0 Å². The van der Waals surface area contributed by atoms with Gasteiger partial charge in [-0.2, -0.15) is 0 Å². The SMILES string of the molecule is O=C(O)C(O)C(O)C(=O)O.[2H]C1([2H])N=C(Nc2ccc3nccnc3c2Br)NC1([2H])[2H]. The zero-order valence-corrected chi connectivity index (χ0v) is 14.9. The first-order chi connectivity index (χ1) is 14.3. The summed E-state index contributed by atoms with van der Waals surface area (Å²) in [4.78, 5) is 31.6. The molecule has 12 heteroatoms. The first-order valence-corrected chi connectivity index (χ1v) is 7.92. The van der Waals surface area contributed by atoms with Crippen LogP contribution < -0.4 is 10.6 Å². The van der Waals surface area contributed by atoms with Crippen molar-refractivity contribution in [1.29, 1.82) is 0 Å². The number of hydrogen-bond donors (Lipinski definition) is 6. The number of carboxylic acids is 2. The second-order valence-corrected chi connectivity index (χ2v) is 5.66. The molecule has 0 radical (unpaired) electrons. The molecule has 0 aliphatic carbocycles. The van der Waals surface area contributed by atoms with Crippen LogP contribution in [0.1, 0.15) is 5.48 Å². The van der Waals surface area contributed by atoms with E-state index in [1.54, 1.807) is 24.5 Å². The summed E-state index contributed by atoms with van der Waals surface area (Å²) in [6.45, 7) is -4.60. The van der Waals surface area contributed by atoms with Crippen LogP contribution in [0.2, 0.25) is 0 Å². The maximum absolute atomic E-state index is 9.77. The van der Waals surface area contributed by atoms with E-state index in [4.69, 9.17) is 25.9 Å². The Labute approximate surface area is 166 Å². The molecule has 0 bridgehead atoms. The number of aliphatic hydroxyl groups is 2. The number of carboxylic acid groups (broad SMARTS) is 2. The number of aromatic nitrogens is 2. The molecule has 1 aromatic heterocycles. The van der Waals surface area contributed by atoms with E-state index in [9.17, 15) is 9.59 Å². The average molecular weight is 446 g/mol. The number of nitrogens with one attached hydrogen (secondary N) is 2. The fourth-order valence-corrected chi connectivity index (χ4v) is 2.29. The van der Waals surface area contributed by atoms with Crippen LogP contribution in [0.4, 0.5) is 5.69 Å². The summed E-state index contributed by atoms with van der Waals surface area (Å²) in [5.41, 5.74) is 1.94. The van der Waals surface area contributed by atoms with Gasteiger partial charge in [-0.3, -0.25) is 15.0 Å². The molecule has 1 aromatic carbocycles. The number of rotatable bonds is 4. The minimum absolute atomic E-state index is 0.0222. The molecule has 2 heterocycles. The number of nitrogens with zero attached hydrogens (tertiary/aromatic N) is 3. The van der Waals surface area contributed by atoms with Crippen LogP contribution in [0.25, 0.3) is 11.0 Å². The molecule has 0 saturated heterocycles. The lowest BCUT2D eigenvalue weighted by atomic mass is 10.2. The second-order valence-electron chi connectivity index (χ2n) is 4.86. The number of benzene rings is 1. The number of aliphatic imine (C=N–C) groups is 1. The first-order valence-electron chi connectivity index (χ1n) is 9.13. The van der Waals surface area contributed by atoms with Gasteiger partial charge in [-0.05, 0) is 28.1 Å². The lowest BCUT2D eigenvalue weighted by molar-refractivity contribution is -0.165. The smallest absolute Gasteiger partial charge is 0.335 e. The molecule has 0 saturated carbocycles. The highest BCUT2D eigenvalue weighted by Gasteiger charge is 2.29. The molecule has 0 fully saturated rings. The Hall–Kier alpha value is -2.83. The molecule has 11 nitrogen and oxygen atoms in total. The number of anilines is 1. The largest absolute Gasteiger partial charge is 0.479 e. The molecule has 1 aliphatic heterocycles. The minimum Gasteiger partial charge on any atom is -0.479 e. The van der Waals surface area contributed by atoms with Gasteiger partial charge >= 0.3 is 11.9 Å². The van der Waals surface area contributed by atoms with Crippen molar-refractivity contribution in [3.63, 3.8) is 0 Å². The highest BCUT2D eigenvalue weighted by Crippen LogP contribution is 2.28. The van der Waals surface area contributed by atoms with Gasteiger partial charge < -0.3 is 31.1 Å². The molecular weight excluding hydrogens is 426 g/mol. The van der Waals surface area contributed by atoms with Gasteiger partial charge in [0.05, 0.1) is 27.7 Å². The Morgan fingerprint density at radius 3 is 2.37 bits per heavy atom. The zero-order valence-electron chi connectivity index (χ0n) is 17.3. The maximum Gasteiger partial charge on any atom is 0.335 e. The third-order valence-electron chi connectivity index (χ3n) is 3.04. The average Bonchev–Trinajstić information content (AvgIpc) is 2.89. The standard InChI is InChI=1S/C11H10BrN5.C4H6O6/c12-9-7(17-11-15-5-6-16-11)1-2-8-10(9)14-4-3-13-8;5-1(3(7)8)2(6)4(9)10/h1-4H,5-6H2,(H2,15,16,17);1-2,5-6H,(H,7,8)(H,9,10)/i5D2,6D2;. The van der Waals surface area contributed by atoms with Crippen molar-refractivity contribution >= 4 is 50.5 Å². The number of carbonyl (C=O) groups is 2. The van der Waals surface area contributed by atoms with Crippen LogP contribution >= 0.6 is 15.9 Å². The lowest BCUT2D eigenvalue weighted by Crippen LogP contribution is -2.39. The van der Waals surface area contributed by atoms with Crippen LogP contribution in [-0.4, -0.2) is 73.5 Å². The van der Waals surface area contributed by atoms with Crippen molar-refractivity contribution in [2.45, 2.75) is 12.2 Å².